The van der Waals surface area contributed by atoms with Gasteiger partial charge in [-0.2, -0.15) is 0 Å². The van der Waals surface area contributed by atoms with Gasteiger partial charge < -0.3 is 9.64 Å². The molecule has 0 N–H and O–H groups in total. The number of benzene rings is 1. The summed E-state index contributed by atoms with van der Waals surface area (Å²) in [4.78, 5) is 28.3. The number of piperidine rings is 1. The standard InChI is InChI=1S/C28H35N5O2S/c1-22-30-27(21-36-22)28(34)33-11-3-5-25(19-33)20-35-26-8-6-23(7-9-26)17-31-12-14-32(15-13-31)18-24-4-2-10-29-16-24/h2,4,6-10,16,21,25H,3,5,11-15,17-20H2,1H3/t25-/m0/s1. The number of rotatable bonds is 8. The molecule has 2 aliphatic heterocycles. The summed E-state index contributed by atoms with van der Waals surface area (Å²) in [6.45, 7) is 10.4. The van der Waals surface area contributed by atoms with Gasteiger partial charge in [0.2, 0.25) is 0 Å². The first-order valence-corrected chi connectivity index (χ1v) is 13.8. The molecule has 190 valence electrons. The number of nitrogens with zero attached hydrogens (tertiary/aromatic N) is 5. The van der Waals surface area contributed by atoms with E-state index in [9.17, 15) is 4.79 Å². The minimum absolute atomic E-state index is 0.0475. The first-order chi connectivity index (χ1) is 17.6. The fourth-order valence-electron chi connectivity index (χ4n) is 5.03. The summed E-state index contributed by atoms with van der Waals surface area (Å²) in [5.41, 5.74) is 3.17. The van der Waals surface area contributed by atoms with Crippen molar-refractivity contribution in [3.8, 4) is 5.75 Å². The SMILES string of the molecule is Cc1nc(C(=O)N2CCC[C@H](COc3ccc(CN4CCN(Cc5cccnc5)CC4)cc3)C2)cs1. The number of likely N-dealkylation sites (tertiary alicyclic amines) is 1. The lowest BCUT2D eigenvalue weighted by Crippen LogP contribution is -2.45. The van der Waals surface area contributed by atoms with Crippen LogP contribution in [-0.4, -0.2) is 76.5 Å². The number of ether oxygens (including phenoxy) is 1. The molecule has 1 amide bonds. The van der Waals surface area contributed by atoms with E-state index in [1.807, 2.05) is 35.7 Å². The number of carbonyl (C=O) groups is 1. The fourth-order valence-corrected chi connectivity index (χ4v) is 5.61. The van der Waals surface area contributed by atoms with Crippen LogP contribution in [-0.2, 0) is 13.1 Å². The highest BCUT2D eigenvalue weighted by Gasteiger charge is 2.26. The van der Waals surface area contributed by atoms with Gasteiger partial charge in [0, 0.05) is 76.0 Å². The Balaban J connectivity index is 1.04. The van der Waals surface area contributed by atoms with Crippen molar-refractivity contribution in [1.29, 1.82) is 0 Å². The Morgan fingerprint density at radius 2 is 1.78 bits per heavy atom. The zero-order valence-corrected chi connectivity index (χ0v) is 21.8. The van der Waals surface area contributed by atoms with E-state index >= 15 is 0 Å². The van der Waals surface area contributed by atoms with Crippen molar-refractivity contribution < 1.29 is 9.53 Å². The molecule has 7 nitrogen and oxygen atoms in total. The first-order valence-electron chi connectivity index (χ1n) is 12.9. The largest absolute Gasteiger partial charge is 0.493 e. The van der Waals surface area contributed by atoms with Gasteiger partial charge in [-0.15, -0.1) is 11.3 Å². The topological polar surface area (TPSA) is 61.8 Å². The van der Waals surface area contributed by atoms with Gasteiger partial charge in [-0.3, -0.25) is 19.6 Å². The molecule has 0 radical (unpaired) electrons. The Kier molecular flexibility index (Phi) is 8.25. The average molecular weight is 506 g/mol. The summed E-state index contributed by atoms with van der Waals surface area (Å²) < 4.78 is 6.12. The third kappa shape index (κ3) is 6.69. The maximum absolute atomic E-state index is 12.8. The third-order valence-corrected chi connectivity index (χ3v) is 7.83. The molecule has 1 atom stereocenters. The van der Waals surface area contributed by atoms with Crippen LogP contribution in [0.2, 0.25) is 0 Å². The normalized spacial score (nSPS) is 19.4. The highest BCUT2D eigenvalue weighted by atomic mass is 32.1. The summed E-state index contributed by atoms with van der Waals surface area (Å²) in [5, 5.41) is 2.79. The summed E-state index contributed by atoms with van der Waals surface area (Å²) in [6, 6.07) is 12.7. The molecule has 36 heavy (non-hydrogen) atoms. The number of aryl methyl sites for hydroxylation is 1. The van der Waals surface area contributed by atoms with E-state index < -0.39 is 0 Å². The van der Waals surface area contributed by atoms with E-state index in [0.717, 1.165) is 76.0 Å². The third-order valence-electron chi connectivity index (χ3n) is 7.05. The van der Waals surface area contributed by atoms with Crippen LogP contribution < -0.4 is 4.74 Å². The van der Waals surface area contributed by atoms with Crippen LogP contribution in [0.4, 0.5) is 0 Å². The molecule has 0 bridgehead atoms. The van der Waals surface area contributed by atoms with Gasteiger partial charge in [0.15, 0.2) is 0 Å². The van der Waals surface area contributed by atoms with Crippen molar-refractivity contribution in [2.75, 3.05) is 45.9 Å². The molecule has 8 heteroatoms. The van der Waals surface area contributed by atoms with Crippen LogP contribution in [0, 0.1) is 12.8 Å². The lowest BCUT2D eigenvalue weighted by atomic mass is 9.98. The zero-order chi connectivity index (χ0) is 24.7. The smallest absolute Gasteiger partial charge is 0.273 e. The second-order valence-corrected chi connectivity index (χ2v) is 10.9. The molecule has 0 aliphatic carbocycles. The highest BCUT2D eigenvalue weighted by molar-refractivity contribution is 7.09. The predicted molar refractivity (Wildman–Crippen MR) is 142 cm³/mol. The molecule has 0 spiro atoms. The summed E-state index contributed by atoms with van der Waals surface area (Å²) >= 11 is 1.53. The molecule has 0 saturated carbocycles. The lowest BCUT2D eigenvalue weighted by molar-refractivity contribution is 0.0628. The summed E-state index contributed by atoms with van der Waals surface area (Å²) in [7, 11) is 0. The molecule has 0 unspecified atom stereocenters. The molecular formula is C28H35N5O2S. The number of amides is 1. The Morgan fingerprint density at radius 1 is 1.03 bits per heavy atom. The minimum atomic E-state index is 0.0475. The van der Waals surface area contributed by atoms with Crippen LogP contribution in [0.15, 0.2) is 54.2 Å². The fraction of sp³-hybridized carbons (Fsp3) is 0.464. The second-order valence-electron chi connectivity index (χ2n) is 9.88. The Bertz CT molecular complexity index is 1110. The van der Waals surface area contributed by atoms with Gasteiger partial charge in [-0.05, 0) is 49.1 Å². The maximum atomic E-state index is 12.8. The van der Waals surface area contributed by atoms with Crippen molar-refractivity contribution in [2.45, 2.75) is 32.9 Å². The zero-order valence-electron chi connectivity index (χ0n) is 21.0. The molecule has 2 saturated heterocycles. The van der Waals surface area contributed by atoms with Gasteiger partial charge in [-0.1, -0.05) is 18.2 Å². The molecular weight excluding hydrogens is 470 g/mol. The molecule has 1 aromatic carbocycles. The molecule has 2 fully saturated rings. The molecule has 2 aromatic heterocycles. The van der Waals surface area contributed by atoms with E-state index in [2.05, 4.69) is 50.1 Å². The summed E-state index contributed by atoms with van der Waals surface area (Å²) in [6.07, 6.45) is 5.89. The van der Waals surface area contributed by atoms with Crippen LogP contribution in [0.1, 0.15) is 39.5 Å². The molecule has 2 aliphatic rings. The van der Waals surface area contributed by atoms with Crippen molar-refractivity contribution in [3.05, 3.63) is 76.0 Å². The van der Waals surface area contributed by atoms with Gasteiger partial charge in [0.25, 0.3) is 5.91 Å². The maximum Gasteiger partial charge on any atom is 0.273 e. The van der Waals surface area contributed by atoms with Crippen molar-refractivity contribution in [1.82, 2.24) is 24.7 Å². The summed E-state index contributed by atoms with van der Waals surface area (Å²) in [5.74, 6) is 1.30. The highest BCUT2D eigenvalue weighted by Crippen LogP contribution is 2.22. The van der Waals surface area contributed by atoms with Crippen molar-refractivity contribution >= 4 is 17.2 Å². The average Bonchev–Trinajstić information content (AvgIpc) is 3.36. The first kappa shape index (κ1) is 24.9. The minimum Gasteiger partial charge on any atom is -0.493 e. The Morgan fingerprint density at radius 3 is 2.44 bits per heavy atom. The lowest BCUT2D eigenvalue weighted by Gasteiger charge is -2.34. The second kappa shape index (κ2) is 12.0. The van der Waals surface area contributed by atoms with E-state index in [0.29, 0.717) is 18.2 Å². The van der Waals surface area contributed by atoms with Gasteiger partial charge in [-0.25, -0.2) is 4.98 Å². The monoisotopic (exact) mass is 505 g/mol. The van der Waals surface area contributed by atoms with E-state index in [-0.39, 0.29) is 5.91 Å². The number of piperazine rings is 1. The Hall–Kier alpha value is -2.81. The van der Waals surface area contributed by atoms with E-state index in [4.69, 9.17) is 4.74 Å². The number of hydrogen-bond acceptors (Lipinski definition) is 7. The number of thiazole rings is 1. The van der Waals surface area contributed by atoms with E-state index in [1.165, 1.54) is 22.5 Å². The number of carbonyl (C=O) groups excluding carboxylic acids is 1. The van der Waals surface area contributed by atoms with Gasteiger partial charge in [0.05, 0.1) is 11.6 Å². The van der Waals surface area contributed by atoms with Crippen molar-refractivity contribution in [2.24, 2.45) is 5.92 Å². The van der Waals surface area contributed by atoms with Gasteiger partial charge >= 0.3 is 0 Å². The van der Waals surface area contributed by atoms with E-state index in [1.54, 1.807) is 0 Å². The van der Waals surface area contributed by atoms with Crippen LogP contribution in [0.25, 0.3) is 0 Å². The Labute approximate surface area is 217 Å². The van der Waals surface area contributed by atoms with Crippen molar-refractivity contribution in [3.63, 3.8) is 0 Å². The van der Waals surface area contributed by atoms with Crippen LogP contribution in [0.5, 0.6) is 5.75 Å². The van der Waals surface area contributed by atoms with Crippen LogP contribution >= 0.6 is 11.3 Å². The number of pyridine rings is 1. The predicted octanol–water partition coefficient (Wildman–Crippen LogP) is 4.10. The van der Waals surface area contributed by atoms with Gasteiger partial charge in [0.1, 0.15) is 11.4 Å². The molecule has 4 heterocycles. The number of aromatic nitrogens is 2. The molecule has 5 rings (SSSR count). The van der Waals surface area contributed by atoms with Crippen LogP contribution in [0.3, 0.4) is 0 Å². The molecule has 3 aromatic rings. The quantitative estimate of drug-likeness (QED) is 0.460. The number of hydrogen-bond donors (Lipinski definition) is 0.